The molecule has 0 saturated heterocycles. The summed E-state index contributed by atoms with van der Waals surface area (Å²) in [6.45, 7) is 0. The Morgan fingerprint density at radius 3 is 2.65 bits per heavy atom. The Bertz CT molecular complexity index is 1390. The van der Waals surface area contributed by atoms with Crippen LogP contribution >= 0.6 is 0 Å². The molecule has 7 heteroatoms. The topological polar surface area (TPSA) is 80.5 Å². The Balaban J connectivity index is 1.41. The second-order valence-electron chi connectivity index (χ2n) is 7.01. The van der Waals surface area contributed by atoms with Gasteiger partial charge in [0.25, 0.3) is 5.91 Å². The van der Waals surface area contributed by atoms with Crippen molar-refractivity contribution in [2.75, 3.05) is 12.5 Å². The molecule has 31 heavy (non-hydrogen) atoms. The molecule has 2 aromatic carbocycles. The zero-order valence-corrected chi connectivity index (χ0v) is 16.7. The van der Waals surface area contributed by atoms with Crippen LogP contribution < -0.4 is 15.6 Å². The molecule has 152 valence electrons. The van der Waals surface area contributed by atoms with Crippen LogP contribution in [0.3, 0.4) is 0 Å². The number of benzene rings is 2. The third-order valence-electron chi connectivity index (χ3n) is 5.08. The number of carbonyl (C=O) groups excluding carboxylic acids is 1. The van der Waals surface area contributed by atoms with E-state index in [0.717, 1.165) is 33.5 Å². The molecule has 0 spiro atoms. The van der Waals surface area contributed by atoms with Gasteiger partial charge in [0.15, 0.2) is 0 Å². The highest BCUT2D eigenvalue weighted by atomic mass is 16.5. The average Bonchev–Trinajstić information content (AvgIpc) is 3.26. The second-order valence-corrected chi connectivity index (χ2v) is 7.01. The molecule has 0 unspecified atom stereocenters. The van der Waals surface area contributed by atoms with Crippen LogP contribution in [0.1, 0.15) is 10.5 Å². The number of nitrogens with one attached hydrogen (secondary N) is 2. The Morgan fingerprint density at radius 2 is 1.81 bits per heavy atom. The van der Waals surface area contributed by atoms with E-state index < -0.39 is 0 Å². The highest BCUT2D eigenvalue weighted by Gasteiger charge is 2.13. The number of amides is 1. The Morgan fingerprint density at radius 1 is 0.968 bits per heavy atom. The zero-order valence-electron chi connectivity index (χ0n) is 16.7. The Hall–Kier alpha value is -4.39. The lowest BCUT2D eigenvalue weighted by Gasteiger charge is -2.10. The fraction of sp³-hybridized carbons (Fsp3) is 0.0417. The SMILES string of the molecule is COc1ccc(NNC(=O)c2cnc3ccc(-c4ccc5ncccc5c4)cn23)cc1. The van der Waals surface area contributed by atoms with Crippen LogP contribution in [0, 0.1) is 0 Å². The maximum Gasteiger partial charge on any atom is 0.288 e. The first-order valence-corrected chi connectivity index (χ1v) is 9.74. The lowest BCUT2D eigenvalue weighted by molar-refractivity contribution is 0.0957. The van der Waals surface area contributed by atoms with Crippen LogP contribution in [0.2, 0.25) is 0 Å². The van der Waals surface area contributed by atoms with Gasteiger partial charge in [-0.25, -0.2) is 4.98 Å². The molecule has 7 nitrogen and oxygen atoms in total. The number of hydrazine groups is 1. The summed E-state index contributed by atoms with van der Waals surface area (Å²) in [5, 5.41) is 1.06. The molecule has 0 fully saturated rings. The Kier molecular flexibility index (Phi) is 4.68. The van der Waals surface area contributed by atoms with Gasteiger partial charge in [0.2, 0.25) is 0 Å². The number of pyridine rings is 2. The lowest BCUT2D eigenvalue weighted by Crippen LogP contribution is -2.30. The van der Waals surface area contributed by atoms with Gasteiger partial charge < -0.3 is 4.74 Å². The van der Waals surface area contributed by atoms with Gasteiger partial charge >= 0.3 is 0 Å². The summed E-state index contributed by atoms with van der Waals surface area (Å²) >= 11 is 0. The van der Waals surface area contributed by atoms with E-state index in [0.29, 0.717) is 11.3 Å². The standard InChI is InChI=1S/C24H19N5O2/c1-31-20-8-6-19(7-9-20)27-28-24(30)22-14-26-23-11-5-18(15-29(22)23)16-4-10-21-17(13-16)3-2-12-25-21/h2-15,27H,1H3,(H,28,30). The van der Waals surface area contributed by atoms with Crippen molar-refractivity contribution in [3.05, 3.63) is 91.0 Å². The van der Waals surface area contributed by atoms with Gasteiger partial charge in [-0.05, 0) is 65.7 Å². The molecule has 0 aliphatic rings. The smallest absolute Gasteiger partial charge is 0.288 e. The monoisotopic (exact) mass is 409 g/mol. The quantitative estimate of drug-likeness (QED) is 0.423. The summed E-state index contributed by atoms with van der Waals surface area (Å²) in [7, 11) is 1.61. The molecular weight excluding hydrogens is 390 g/mol. The molecule has 3 aromatic heterocycles. The van der Waals surface area contributed by atoms with Crippen LogP contribution in [0.25, 0.3) is 27.7 Å². The van der Waals surface area contributed by atoms with Crippen molar-refractivity contribution in [1.29, 1.82) is 0 Å². The summed E-state index contributed by atoms with van der Waals surface area (Å²) in [6.07, 6.45) is 5.26. The van der Waals surface area contributed by atoms with Crippen LogP contribution in [-0.4, -0.2) is 27.4 Å². The van der Waals surface area contributed by atoms with E-state index in [-0.39, 0.29) is 5.91 Å². The number of hydrogen-bond donors (Lipinski definition) is 2. The highest BCUT2D eigenvalue weighted by molar-refractivity contribution is 5.94. The van der Waals surface area contributed by atoms with Crippen LogP contribution in [0.4, 0.5) is 5.69 Å². The maximum absolute atomic E-state index is 12.8. The van der Waals surface area contributed by atoms with Crippen LogP contribution in [-0.2, 0) is 0 Å². The van der Waals surface area contributed by atoms with Crippen molar-refractivity contribution in [2.45, 2.75) is 0 Å². The lowest BCUT2D eigenvalue weighted by atomic mass is 10.1. The summed E-state index contributed by atoms with van der Waals surface area (Å²) in [5.41, 5.74) is 10.5. The third-order valence-corrected chi connectivity index (χ3v) is 5.08. The molecule has 0 atom stereocenters. The number of imidazole rings is 1. The molecule has 0 bridgehead atoms. The minimum atomic E-state index is -0.289. The maximum atomic E-state index is 12.8. The number of carbonyl (C=O) groups is 1. The van der Waals surface area contributed by atoms with Crippen molar-refractivity contribution >= 4 is 28.1 Å². The van der Waals surface area contributed by atoms with E-state index in [2.05, 4.69) is 26.9 Å². The van der Waals surface area contributed by atoms with Crippen molar-refractivity contribution in [1.82, 2.24) is 19.8 Å². The highest BCUT2D eigenvalue weighted by Crippen LogP contribution is 2.24. The van der Waals surface area contributed by atoms with E-state index in [9.17, 15) is 4.79 Å². The predicted octanol–water partition coefficient (Wildman–Crippen LogP) is 4.32. The molecule has 5 aromatic rings. The third kappa shape index (κ3) is 3.64. The van der Waals surface area contributed by atoms with E-state index in [1.54, 1.807) is 23.9 Å². The summed E-state index contributed by atoms with van der Waals surface area (Å²) < 4.78 is 6.93. The second kappa shape index (κ2) is 7.79. The molecular formula is C24H19N5O2. The molecule has 0 aliphatic heterocycles. The van der Waals surface area contributed by atoms with E-state index in [1.165, 1.54) is 0 Å². The molecule has 0 saturated carbocycles. The summed E-state index contributed by atoms with van der Waals surface area (Å²) in [6, 6.07) is 21.2. The normalized spacial score (nSPS) is 10.9. The minimum absolute atomic E-state index is 0.289. The van der Waals surface area contributed by atoms with Gasteiger partial charge in [-0.15, -0.1) is 0 Å². The van der Waals surface area contributed by atoms with Gasteiger partial charge in [-0.3, -0.25) is 25.0 Å². The van der Waals surface area contributed by atoms with E-state index >= 15 is 0 Å². The zero-order chi connectivity index (χ0) is 21.2. The first-order chi connectivity index (χ1) is 15.2. The number of nitrogens with zero attached hydrogens (tertiary/aromatic N) is 3. The number of hydrogen-bond acceptors (Lipinski definition) is 5. The van der Waals surface area contributed by atoms with Crippen LogP contribution in [0.5, 0.6) is 5.75 Å². The number of rotatable bonds is 5. The molecule has 2 N–H and O–H groups in total. The molecule has 5 rings (SSSR count). The van der Waals surface area contributed by atoms with Crippen molar-refractivity contribution in [3.63, 3.8) is 0 Å². The average molecular weight is 409 g/mol. The van der Waals surface area contributed by atoms with Gasteiger partial charge in [0.05, 0.1) is 24.5 Å². The van der Waals surface area contributed by atoms with Crippen LogP contribution in [0.15, 0.2) is 85.3 Å². The van der Waals surface area contributed by atoms with Crippen molar-refractivity contribution < 1.29 is 9.53 Å². The predicted molar refractivity (Wildman–Crippen MR) is 120 cm³/mol. The fourth-order valence-electron chi connectivity index (χ4n) is 3.44. The van der Waals surface area contributed by atoms with E-state index in [4.69, 9.17) is 4.74 Å². The molecule has 1 amide bonds. The Labute approximate surface area is 178 Å². The molecule has 0 aliphatic carbocycles. The fourth-order valence-corrected chi connectivity index (χ4v) is 3.44. The number of anilines is 1. The van der Waals surface area contributed by atoms with Crippen molar-refractivity contribution in [3.8, 4) is 16.9 Å². The van der Waals surface area contributed by atoms with Gasteiger partial charge in [-0.2, -0.15) is 0 Å². The summed E-state index contributed by atoms with van der Waals surface area (Å²) in [4.78, 5) is 21.5. The van der Waals surface area contributed by atoms with Gasteiger partial charge in [0.1, 0.15) is 17.1 Å². The summed E-state index contributed by atoms with van der Waals surface area (Å²) in [5.74, 6) is 0.457. The first kappa shape index (κ1) is 18.6. The van der Waals surface area contributed by atoms with E-state index in [1.807, 2.05) is 66.9 Å². The molecule has 0 radical (unpaired) electrons. The number of aromatic nitrogens is 3. The first-order valence-electron chi connectivity index (χ1n) is 9.74. The van der Waals surface area contributed by atoms with Gasteiger partial charge in [0, 0.05) is 17.8 Å². The number of ether oxygens (including phenoxy) is 1. The van der Waals surface area contributed by atoms with Crippen molar-refractivity contribution in [2.24, 2.45) is 0 Å². The number of methoxy groups -OCH3 is 1. The molecule has 3 heterocycles. The number of fused-ring (bicyclic) bond motifs is 2. The largest absolute Gasteiger partial charge is 0.497 e. The van der Waals surface area contributed by atoms with Gasteiger partial charge in [-0.1, -0.05) is 12.1 Å². The minimum Gasteiger partial charge on any atom is -0.497 e.